The quantitative estimate of drug-likeness (QED) is 0.199. The maximum atomic E-state index is 9.20. The summed E-state index contributed by atoms with van der Waals surface area (Å²) in [6, 6.07) is 17.8. The number of nitrogens with zero attached hydrogens (tertiary/aromatic N) is 1. The van der Waals surface area contributed by atoms with Crippen LogP contribution in [0.25, 0.3) is 22.4 Å². The van der Waals surface area contributed by atoms with Crippen molar-refractivity contribution in [3.8, 4) is 28.6 Å². The summed E-state index contributed by atoms with van der Waals surface area (Å²) in [5, 5.41) is 9.20. The number of aliphatic hydroxyl groups excluding tert-OH is 1. The summed E-state index contributed by atoms with van der Waals surface area (Å²) >= 11 is 3.80. The number of H-pyrrole nitrogens is 1. The lowest BCUT2D eigenvalue weighted by atomic mass is 10.0. The molecule has 1 heterocycles. The first-order valence-electron chi connectivity index (χ1n) is 12.3. The van der Waals surface area contributed by atoms with Gasteiger partial charge in [0.2, 0.25) is 0 Å². The number of ether oxygens (including phenoxy) is 4. The van der Waals surface area contributed by atoms with Gasteiger partial charge in [-0.2, -0.15) is 0 Å². The number of halogens is 1. The van der Waals surface area contributed by atoms with Crippen LogP contribution in [0.15, 0.2) is 59.1 Å². The summed E-state index contributed by atoms with van der Waals surface area (Å²) in [7, 11) is 3.31. The summed E-state index contributed by atoms with van der Waals surface area (Å²) in [6.07, 6.45) is 0.212. The van der Waals surface area contributed by atoms with Crippen LogP contribution in [0.5, 0.6) is 17.2 Å². The zero-order chi connectivity index (χ0) is 26.4. The summed E-state index contributed by atoms with van der Waals surface area (Å²) < 4.78 is 24.1. The number of aromatic nitrogens is 2. The fourth-order valence-corrected chi connectivity index (χ4v) is 4.82. The first-order valence-corrected chi connectivity index (χ1v) is 13.1. The molecule has 0 bridgehead atoms. The number of hydrogen-bond acceptors (Lipinski definition) is 6. The van der Waals surface area contributed by atoms with Crippen molar-refractivity contribution in [3.63, 3.8) is 0 Å². The Morgan fingerprint density at radius 2 is 1.70 bits per heavy atom. The van der Waals surface area contributed by atoms with Crippen molar-refractivity contribution in [2.24, 2.45) is 0 Å². The largest absolute Gasteiger partial charge is 0.494 e. The zero-order valence-corrected chi connectivity index (χ0v) is 23.2. The van der Waals surface area contributed by atoms with E-state index in [1.807, 2.05) is 30.3 Å². The van der Waals surface area contributed by atoms with Crippen LogP contribution in [0.2, 0.25) is 0 Å². The molecule has 1 unspecified atom stereocenters. The molecule has 1 aromatic heterocycles. The molecule has 0 amide bonds. The number of fused-ring (bicyclic) bond motifs is 1. The molecule has 0 aliphatic heterocycles. The van der Waals surface area contributed by atoms with Crippen LogP contribution in [-0.4, -0.2) is 49.1 Å². The van der Waals surface area contributed by atoms with Crippen molar-refractivity contribution in [1.29, 1.82) is 0 Å². The summed E-state index contributed by atoms with van der Waals surface area (Å²) in [5.74, 6) is 3.04. The highest BCUT2D eigenvalue weighted by atomic mass is 79.9. The Hall–Kier alpha value is -3.07. The number of nitrogens with one attached hydrogen (secondary N) is 1. The van der Waals surface area contributed by atoms with Crippen molar-refractivity contribution in [3.05, 3.63) is 70.2 Å². The van der Waals surface area contributed by atoms with Gasteiger partial charge in [-0.3, -0.25) is 0 Å². The van der Waals surface area contributed by atoms with Crippen LogP contribution in [0.4, 0.5) is 0 Å². The minimum atomic E-state index is -0.378. The first-order chi connectivity index (χ1) is 18.0. The van der Waals surface area contributed by atoms with Gasteiger partial charge in [-0.1, -0.05) is 50.2 Å². The molecule has 0 aliphatic carbocycles. The van der Waals surface area contributed by atoms with Crippen molar-refractivity contribution >= 4 is 27.0 Å². The molecule has 2 N–H and O–H groups in total. The third kappa shape index (κ3) is 6.09. The van der Waals surface area contributed by atoms with Crippen molar-refractivity contribution in [2.75, 3.05) is 34.0 Å². The monoisotopic (exact) mass is 568 g/mol. The smallest absolute Gasteiger partial charge is 0.162 e. The predicted octanol–water partition coefficient (Wildman–Crippen LogP) is 6.65. The molecule has 7 nitrogen and oxygen atoms in total. The molecular weight excluding hydrogens is 536 g/mol. The van der Waals surface area contributed by atoms with E-state index in [4.69, 9.17) is 23.9 Å². The zero-order valence-electron chi connectivity index (χ0n) is 21.6. The Balaban J connectivity index is 1.75. The van der Waals surface area contributed by atoms with E-state index in [0.29, 0.717) is 36.2 Å². The molecule has 3 aromatic carbocycles. The van der Waals surface area contributed by atoms with Crippen LogP contribution in [0.1, 0.15) is 43.4 Å². The summed E-state index contributed by atoms with van der Waals surface area (Å²) in [4.78, 5) is 8.37. The minimum Gasteiger partial charge on any atom is -0.494 e. The van der Waals surface area contributed by atoms with E-state index < -0.39 is 0 Å². The summed E-state index contributed by atoms with van der Waals surface area (Å²) in [5.41, 5.74) is 4.72. The van der Waals surface area contributed by atoms with E-state index in [2.05, 4.69) is 59.0 Å². The van der Waals surface area contributed by atoms with Crippen molar-refractivity contribution in [2.45, 2.75) is 32.3 Å². The second-order valence-corrected chi connectivity index (χ2v) is 9.77. The number of aromatic amines is 1. The van der Waals surface area contributed by atoms with Crippen LogP contribution in [0, 0.1) is 0 Å². The minimum absolute atomic E-state index is 0.0808. The topological polar surface area (TPSA) is 85.8 Å². The molecule has 4 rings (SSSR count). The molecule has 0 saturated heterocycles. The van der Waals surface area contributed by atoms with E-state index in [0.717, 1.165) is 32.5 Å². The predicted molar refractivity (Wildman–Crippen MR) is 149 cm³/mol. The fourth-order valence-electron chi connectivity index (χ4n) is 4.16. The van der Waals surface area contributed by atoms with Gasteiger partial charge in [-0.05, 0) is 45.6 Å². The molecule has 0 spiro atoms. The highest BCUT2D eigenvalue weighted by Gasteiger charge is 2.24. The number of para-hydroxylation sites is 2. The van der Waals surface area contributed by atoms with Crippen molar-refractivity contribution in [1.82, 2.24) is 9.97 Å². The van der Waals surface area contributed by atoms with Gasteiger partial charge in [0.1, 0.15) is 35.3 Å². The molecule has 37 heavy (non-hydrogen) atoms. The number of benzene rings is 3. The lowest BCUT2D eigenvalue weighted by Gasteiger charge is -2.23. The molecule has 0 fully saturated rings. The van der Waals surface area contributed by atoms with Gasteiger partial charge in [0, 0.05) is 24.7 Å². The lowest BCUT2D eigenvalue weighted by Crippen LogP contribution is -2.13. The highest BCUT2D eigenvalue weighted by Crippen LogP contribution is 2.41. The number of aliphatic hydroxyl groups is 1. The Kier molecular flexibility index (Phi) is 9.08. The van der Waals surface area contributed by atoms with E-state index >= 15 is 0 Å². The number of hydrogen-bond donors (Lipinski definition) is 2. The highest BCUT2D eigenvalue weighted by molar-refractivity contribution is 9.10. The number of imidazole rings is 1. The Bertz CT molecular complexity index is 1320. The molecule has 4 aromatic rings. The second kappa shape index (κ2) is 12.4. The van der Waals surface area contributed by atoms with Gasteiger partial charge < -0.3 is 29.0 Å². The van der Waals surface area contributed by atoms with Gasteiger partial charge in [-0.15, -0.1) is 0 Å². The summed E-state index contributed by atoms with van der Waals surface area (Å²) in [6.45, 7) is 4.95. The third-order valence-corrected chi connectivity index (χ3v) is 7.00. The lowest BCUT2D eigenvalue weighted by molar-refractivity contribution is 0.120. The number of methoxy groups -OCH3 is 2. The molecule has 0 radical (unpaired) electrons. The van der Waals surface area contributed by atoms with Crippen molar-refractivity contribution < 1.29 is 24.1 Å². The van der Waals surface area contributed by atoms with Crippen LogP contribution >= 0.6 is 15.9 Å². The van der Waals surface area contributed by atoms with E-state index in [9.17, 15) is 5.11 Å². The fraction of sp³-hybridized carbons (Fsp3) is 0.345. The SMILES string of the molecule is COCCC(Oc1ccccc1OCCO)c1cc(OC)c2[nH]c(-c3ccc(C(C)C)cc3)nc2c1Br. The van der Waals surface area contributed by atoms with Gasteiger partial charge in [-0.25, -0.2) is 4.98 Å². The average molecular weight is 569 g/mol. The van der Waals surface area contributed by atoms with E-state index in [1.54, 1.807) is 14.2 Å². The normalized spacial score (nSPS) is 12.2. The van der Waals surface area contributed by atoms with E-state index in [1.165, 1.54) is 5.56 Å². The second-order valence-electron chi connectivity index (χ2n) is 8.97. The Morgan fingerprint density at radius 3 is 2.35 bits per heavy atom. The van der Waals surface area contributed by atoms with Gasteiger partial charge in [0.05, 0.1) is 24.8 Å². The van der Waals surface area contributed by atoms with Crippen LogP contribution < -0.4 is 14.2 Å². The number of rotatable bonds is 12. The molecule has 196 valence electrons. The third-order valence-electron chi connectivity index (χ3n) is 6.17. The Labute approximate surface area is 225 Å². The maximum absolute atomic E-state index is 9.20. The average Bonchev–Trinajstić information content (AvgIpc) is 3.37. The first kappa shape index (κ1) is 27.0. The molecular formula is C29H33BrN2O5. The van der Waals surface area contributed by atoms with Crippen LogP contribution in [0.3, 0.4) is 0 Å². The van der Waals surface area contributed by atoms with Gasteiger partial charge in [0.15, 0.2) is 11.5 Å². The van der Waals surface area contributed by atoms with Gasteiger partial charge in [0.25, 0.3) is 0 Å². The van der Waals surface area contributed by atoms with Crippen LogP contribution in [-0.2, 0) is 4.74 Å². The van der Waals surface area contributed by atoms with Gasteiger partial charge >= 0.3 is 0 Å². The molecule has 0 aliphatic rings. The Morgan fingerprint density at radius 1 is 0.973 bits per heavy atom. The van der Waals surface area contributed by atoms with E-state index in [-0.39, 0.29) is 19.3 Å². The molecule has 1 atom stereocenters. The molecule has 8 heteroatoms. The maximum Gasteiger partial charge on any atom is 0.162 e. The molecule has 0 saturated carbocycles. The standard InChI is InChI=1S/C29H33BrN2O5/c1-18(2)19-9-11-20(12-10-19)29-31-27-25(35-4)17-21(26(30)28(27)32-29)22(13-15-34-3)37-24-8-6-5-7-23(24)36-16-14-33/h5-12,17-18,22,33H,13-16H2,1-4H3,(H,31,32).